The van der Waals surface area contributed by atoms with Gasteiger partial charge in [-0.2, -0.15) is 0 Å². The summed E-state index contributed by atoms with van der Waals surface area (Å²) in [6, 6.07) is 2.35. The van der Waals surface area contributed by atoms with Crippen LogP contribution in [0.4, 0.5) is 4.39 Å². The van der Waals surface area contributed by atoms with Gasteiger partial charge in [-0.25, -0.2) is 14.2 Å². The van der Waals surface area contributed by atoms with E-state index in [1.807, 2.05) is 0 Å². The van der Waals surface area contributed by atoms with Gasteiger partial charge in [0, 0.05) is 11.5 Å². The van der Waals surface area contributed by atoms with Crippen LogP contribution in [0.2, 0.25) is 5.02 Å². The molecule has 0 radical (unpaired) electrons. The number of aryl methyl sites for hydroxylation is 1. The standard InChI is InChI=1S/C12H9ClFNO3/c1-5-11(18-2)10(12(16)17)6-3-7(13)8(14)4-9(6)15-5/h3-4H,1-2H3,(H,16,17). The molecular weight excluding hydrogens is 261 g/mol. The Labute approximate surface area is 107 Å². The molecule has 0 bridgehead atoms. The molecule has 4 nitrogen and oxygen atoms in total. The molecule has 0 aliphatic carbocycles. The van der Waals surface area contributed by atoms with Crippen molar-refractivity contribution in [1.82, 2.24) is 4.98 Å². The number of aromatic carboxylic acids is 1. The van der Waals surface area contributed by atoms with E-state index in [1.165, 1.54) is 13.2 Å². The maximum atomic E-state index is 13.3. The second-order valence-corrected chi connectivity index (χ2v) is 4.10. The van der Waals surface area contributed by atoms with Gasteiger partial charge in [0.25, 0.3) is 0 Å². The van der Waals surface area contributed by atoms with Crippen LogP contribution >= 0.6 is 11.6 Å². The van der Waals surface area contributed by atoms with Crippen LogP contribution in [0.1, 0.15) is 16.1 Å². The van der Waals surface area contributed by atoms with Crippen LogP contribution in [0.15, 0.2) is 12.1 Å². The number of carboxylic acids is 1. The van der Waals surface area contributed by atoms with E-state index < -0.39 is 11.8 Å². The average molecular weight is 270 g/mol. The monoisotopic (exact) mass is 269 g/mol. The lowest BCUT2D eigenvalue weighted by Gasteiger charge is -2.11. The number of ether oxygens (including phenoxy) is 1. The maximum Gasteiger partial charge on any atom is 0.340 e. The van der Waals surface area contributed by atoms with Crippen LogP contribution in [0.3, 0.4) is 0 Å². The summed E-state index contributed by atoms with van der Waals surface area (Å²) in [7, 11) is 1.35. The molecule has 2 rings (SSSR count). The Morgan fingerprint density at radius 2 is 2.17 bits per heavy atom. The smallest absolute Gasteiger partial charge is 0.340 e. The Balaban J connectivity index is 2.97. The summed E-state index contributed by atoms with van der Waals surface area (Å²) in [5.41, 5.74) is 0.540. The zero-order valence-electron chi connectivity index (χ0n) is 9.62. The number of benzene rings is 1. The number of rotatable bonds is 2. The summed E-state index contributed by atoms with van der Waals surface area (Å²) < 4.78 is 18.4. The number of nitrogens with zero attached hydrogens (tertiary/aromatic N) is 1. The number of methoxy groups -OCH3 is 1. The molecule has 0 saturated heterocycles. The lowest BCUT2D eigenvalue weighted by molar-refractivity contribution is 0.0695. The van der Waals surface area contributed by atoms with Crippen molar-refractivity contribution in [3.8, 4) is 5.75 Å². The quantitative estimate of drug-likeness (QED) is 0.910. The molecule has 0 saturated carbocycles. The number of halogens is 2. The van der Waals surface area contributed by atoms with Crippen molar-refractivity contribution in [2.24, 2.45) is 0 Å². The van der Waals surface area contributed by atoms with E-state index in [9.17, 15) is 14.3 Å². The Kier molecular flexibility index (Phi) is 3.09. The molecule has 1 aromatic carbocycles. The van der Waals surface area contributed by atoms with E-state index in [0.29, 0.717) is 5.69 Å². The van der Waals surface area contributed by atoms with Gasteiger partial charge in [0.05, 0.1) is 23.3 Å². The Morgan fingerprint density at radius 3 is 2.72 bits per heavy atom. The predicted molar refractivity (Wildman–Crippen MR) is 65.0 cm³/mol. The van der Waals surface area contributed by atoms with Crippen LogP contribution < -0.4 is 4.74 Å². The van der Waals surface area contributed by atoms with Gasteiger partial charge in [-0.3, -0.25) is 0 Å². The third-order valence-electron chi connectivity index (χ3n) is 2.57. The number of hydrogen-bond acceptors (Lipinski definition) is 3. The summed E-state index contributed by atoms with van der Waals surface area (Å²) in [5, 5.41) is 9.33. The minimum Gasteiger partial charge on any atom is -0.494 e. The maximum absolute atomic E-state index is 13.3. The first kappa shape index (κ1) is 12.6. The largest absolute Gasteiger partial charge is 0.494 e. The van der Waals surface area contributed by atoms with Crippen LogP contribution in [-0.4, -0.2) is 23.2 Å². The van der Waals surface area contributed by atoms with Crippen LogP contribution in [-0.2, 0) is 0 Å². The highest BCUT2D eigenvalue weighted by atomic mass is 35.5. The highest BCUT2D eigenvalue weighted by molar-refractivity contribution is 6.31. The average Bonchev–Trinajstić information content (AvgIpc) is 2.29. The highest BCUT2D eigenvalue weighted by Gasteiger charge is 2.20. The Bertz CT molecular complexity index is 658. The Morgan fingerprint density at radius 1 is 1.50 bits per heavy atom. The fourth-order valence-electron chi connectivity index (χ4n) is 1.83. The fourth-order valence-corrected chi connectivity index (χ4v) is 1.99. The third-order valence-corrected chi connectivity index (χ3v) is 2.86. The van der Waals surface area contributed by atoms with Gasteiger partial charge in [0.1, 0.15) is 11.4 Å². The first-order valence-corrected chi connectivity index (χ1v) is 5.40. The van der Waals surface area contributed by atoms with Crippen molar-refractivity contribution in [2.45, 2.75) is 6.92 Å². The molecule has 6 heteroatoms. The van der Waals surface area contributed by atoms with E-state index in [-0.39, 0.29) is 27.2 Å². The first-order chi connectivity index (χ1) is 8.45. The van der Waals surface area contributed by atoms with Gasteiger partial charge < -0.3 is 9.84 Å². The molecule has 0 aliphatic heterocycles. The molecule has 1 heterocycles. The first-order valence-electron chi connectivity index (χ1n) is 5.02. The molecular formula is C12H9ClFNO3. The topological polar surface area (TPSA) is 59.4 Å². The van der Waals surface area contributed by atoms with Gasteiger partial charge in [-0.15, -0.1) is 0 Å². The van der Waals surface area contributed by atoms with E-state index in [1.54, 1.807) is 6.92 Å². The molecule has 1 N–H and O–H groups in total. The number of aromatic nitrogens is 1. The van der Waals surface area contributed by atoms with Crippen molar-refractivity contribution in [2.75, 3.05) is 7.11 Å². The van der Waals surface area contributed by atoms with Crippen molar-refractivity contribution < 1.29 is 19.0 Å². The number of fused-ring (bicyclic) bond motifs is 1. The van der Waals surface area contributed by atoms with Gasteiger partial charge >= 0.3 is 5.97 Å². The highest BCUT2D eigenvalue weighted by Crippen LogP contribution is 2.32. The van der Waals surface area contributed by atoms with Gasteiger partial charge in [-0.1, -0.05) is 11.6 Å². The number of hydrogen-bond donors (Lipinski definition) is 1. The van der Waals surface area contributed by atoms with Crippen LogP contribution in [0, 0.1) is 12.7 Å². The van der Waals surface area contributed by atoms with E-state index in [2.05, 4.69) is 4.98 Å². The molecule has 0 aliphatic rings. The van der Waals surface area contributed by atoms with E-state index in [0.717, 1.165) is 6.07 Å². The third kappa shape index (κ3) is 1.86. The number of pyridine rings is 1. The molecule has 94 valence electrons. The van der Waals surface area contributed by atoms with E-state index >= 15 is 0 Å². The van der Waals surface area contributed by atoms with Crippen molar-refractivity contribution in [3.63, 3.8) is 0 Å². The molecule has 0 amide bonds. The molecule has 1 aromatic heterocycles. The molecule has 0 spiro atoms. The van der Waals surface area contributed by atoms with Gasteiger partial charge in [0.15, 0.2) is 5.75 Å². The summed E-state index contributed by atoms with van der Waals surface area (Å²) in [6.45, 7) is 1.59. The summed E-state index contributed by atoms with van der Waals surface area (Å²) in [5.74, 6) is -1.67. The molecule has 0 atom stereocenters. The lowest BCUT2D eigenvalue weighted by Crippen LogP contribution is -2.05. The molecule has 18 heavy (non-hydrogen) atoms. The summed E-state index contributed by atoms with van der Waals surface area (Å²) in [6.07, 6.45) is 0. The second-order valence-electron chi connectivity index (χ2n) is 3.69. The Hall–Kier alpha value is -1.88. The molecule has 2 aromatic rings. The molecule has 0 fully saturated rings. The van der Waals surface area contributed by atoms with E-state index in [4.69, 9.17) is 16.3 Å². The predicted octanol–water partition coefficient (Wildman–Crippen LogP) is 3.04. The molecule has 0 unspecified atom stereocenters. The minimum absolute atomic E-state index is 0.0677. The van der Waals surface area contributed by atoms with Crippen LogP contribution in [0.5, 0.6) is 5.75 Å². The zero-order chi connectivity index (χ0) is 13.4. The summed E-state index contributed by atoms with van der Waals surface area (Å²) >= 11 is 5.66. The fraction of sp³-hybridized carbons (Fsp3) is 0.167. The van der Waals surface area contributed by atoms with Crippen molar-refractivity contribution in [3.05, 3.63) is 34.2 Å². The summed E-state index contributed by atoms with van der Waals surface area (Å²) in [4.78, 5) is 15.4. The normalized spacial score (nSPS) is 10.7. The van der Waals surface area contributed by atoms with Crippen molar-refractivity contribution in [1.29, 1.82) is 0 Å². The van der Waals surface area contributed by atoms with Crippen LogP contribution in [0.25, 0.3) is 10.9 Å². The minimum atomic E-state index is -1.18. The van der Waals surface area contributed by atoms with Crippen molar-refractivity contribution >= 4 is 28.5 Å². The number of carbonyl (C=O) groups is 1. The number of carboxylic acid groups (broad SMARTS) is 1. The second kappa shape index (κ2) is 4.42. The van der Waals surface area contributed by atoms with Gasteiger partial charge in [-0.05, 0) is 13.0 Å². The van der Waals surface area contributed by atoms with Gasteiger partial charge in [0.2, 0.25) is 0 Å². The zero-order valence-corrected chi connectivity index (χ0v) is 10.4. The lowest BCUT2D eigenvalue weighted by atomic mass is 10.1. The SMILES string of the molecule is COc1c(C)nc2cc(F)c(Cl)cc2c1C(=O)O.